The summed E-state index contributed by atoms with van der Waals surface area (Å²) in [4.78, 5) is 34.0. The van der Waals surface area contributed by atoms with E-state index in [1.54, 1.807) is 19.2 Å². The fraction of sp³-hybridized carbons (Fsp3) is 0.206. The van der Waals surface area contributed by atoms with Crippen LogP contribution in [0.25, 0.3) is 33.5 Å². The maximum absolute atomic E-state index is 13.4. The van der Waals surface area contributed by atoms with Crippen molar-refractivity contribution < 1.29 is 19.4 Å². The zero-order valence-electron chi connectivity index (χ0n) is 22.9. The minimum atomic E-state index is -1.08. The number of nitrogens with one attached hydrogen (secondary N) is 1. The van der Waals surface area contributed by atoms with Gasteiger partial charge in [0.05, 0.1) is 23.7 Å². The number of Topliss-reactive ketones (excluding diaryl/α,β-unsaturated/α-hetero) is 1. The summed E-state index contributed by atoms with van der Waals surface area (Å²) in [7, 11) is 1.62. The number of benzene rings is 4. The molecular weight excluding hydrogens is 500 g/mol. The lowest BCUT2D eigenvalue weighted by Gasteiger charge is -2.17. The number of carbonyl (C=O) groups is 2. The third-order valence-electron chi connectivity index (χ3n) is 7.32. The Morgan fingerprint density at radius 1 is 0.925 bits per heavy atom. The van der Waals surface area contributed by atoms with E-state index in [0.717, 1.165) is 46.1 Å². The number of aromatic carboxylic acids is 1. The first-order chi connectivity index (χ1) is 19.4. The fourth-order valence-corrected chi connectivity index (χ4v) is 5.26. The monoisotopic (exact) mass is 532 g/mol. The Hall–Kier alpha value is -4.71. The number of aryl methyl sites for hydroxylation is 1. The number of imidazole rings is 1. The summed E-state index contributed by atoms with van der Waals surface area (Å²) in [5.74, 6) is 0.280. The molecule has 0 saturated heterocycles. The molecule has 1 atom stereocenters. The molecule has 0 bridgehead atoms. The first kappa shape index (κ1) is 26.9. The first-order valence-corrected chi connectivity index (χ1v) is 13.5. The Balaban J connectivity index is 1.54. The Labute approximate surface area is 233 Å². The molecule has 0 aliphatic rings. The van der Waals surface area contributed by atoms with E-state index >= 15 is 0 Å². The lowest BCUT2D eigenvalue weighted by molar-refractivity contribution is 0.0697. The number of fused-ring (bicyclic) bond motifs is 1. The van der Waals surface area contributed by atoms with Gasteiger partial charge in [-0.05, 0) is 54.2 Å². The largest absolute Gasteiger partial charge is 0.497 e. The standard InChI is InChI=1S/C34H32N2O4/c1-4-8-23(22-9-6-5-7-10-22)19-32(37)24-12-15-26(29(18-24)34(38)39)28-17-21(2)11-14-27(28)33-35-30-16-13-25(40-3)20-31(30)36-33/h5-7,9-18,20,23H,4,8,19H2,1-3H3,(H,35,36)(H,38,39)/t23-/m0/s1. The van der Waals surface area contributed by atoms with Gasteiger partial charge in [-0.15, -0.1) is 0 Å². The number of carboxylic acid groups (broad SMARTS) is 1. The van der Waals surface area contributed by atoms with Crippen molar-refractivity contribution in [2.75, 3.05) is 7.11 Å². The van der Waals surface area contributed by atoms with Crippen LogP contribution in [0.5, 0.6) is 5.75 Å². The van der Waals surface area contributed by atoms with E-state index in [-0.39, 0.29) is 17.3 Å². The van der Waals surface area contributed by atoms with E-state index in [1.165, 1.54) is 6.07 Å². The normalized spacial score (nSPS) is 11.9. The summed E-state index contributed by atoms with van der Waals surface area (Å²) < 4.78 is 5.34. The van der Waals surface area contributed by atoms with E-state index in [2.05, 4.69) is 11.9 Å². The third-order valence-corrected chi connectivity index (χ3v) is 7.32. The molecule has 0 fully saturated rings. The Morgan fingerprint density at radius 2 is 1.70 bits per heavy atom. The van der Waals surface area contributed by atoms with Crippen molar-refractivity contribution in [1.82, 2.24) is 9.97 Å². The predicted octanol–water partition coefficient (Wildman–Crippen LogP) is 8.07. The number of hydrogen-bond acceptors (Lipinski definition) is 4. The maximum atomic E-state index is 13.4. The molecule has 6 heteroatoms. The van der Waals surface area contributed by atoms with E-state index in [1.807, 2.05) is 73.7 Å². The summed E-state index contributed by atoms with van der Waals surface area (Å²) in [6, 6.07) is 26.5. The smallest absolute Gasteiger partial charge is 0.336 e. The minimum absolute atomic E-state index is 0.0629. The van der Waals surface area contributed by atoms with Gasteiger partial charge in [0.2, 0.25) is 0 Å². The summed E-state index contributed by atoms with van der Waals surface area (Å²) >= 11 is 0. The van der Waals surface area contributed by atoms with Gasteiger partial charge in [-0.2, -0.15) is 0 Å². The van der Waals surface area contributed by atoms with Crippen molar-refractivity contribution in [3.8, 4) is 28.3 Å². The number of methoxy groups -OCH3 is 1. The molecule has 202 valence electrons. The van der Waals surface area contributed by atoms with Crippen molar-refractivity contribution in [2.45, 2.75) is 39.0 Å². The molecule has 5 rings (SSSR count). The molecule has 0 aliphatic heterocycles. The number of carbonyl (C=O) groups excluding carboxylic acids is 1. The first-order valence-electron chi connectivity index (χ1n) is 13.5. The van der Waals surface area contributed by atoms with Crippen LogP contribution in [0, 0.1) is 6.92 Å². The van der Waals surface area contributed by atoms with Crippen molar-refractivity contribution in [3.05, 3.63) is 107 Å². The van der Waals surface area contributed by atoms with Crippen LogP contribution >= 0.6 is 0 Å². The van der Waals surface area contributed by atoms with Gasteiger partial charge in [-0.1, -0.05) is 79.6 Å². The highest BCUT2D eigenvalue weighted by Crippen LogP contribution is 2.36. The van der Waals surface area contributed by atoms with Crippen molar-refractivity contribution in [1.29, 1.82) is 0 Å². The molecule has 5 aromatic rings. The van der Waals surface area contributed by atoms with Crippen LogP contribution < -0.4 is 4.74 Å². The molecule has 0 saturated carbocycles. The van der Waals surface area contributed by atoms with Crippen molar-refractivity contribution >= 4 is 22.8 Å². The summed E-state index contributed by atoms with van der Waals surface area (Å²) in [5.41, 5.74) is 6.24. The topological polar surface area (TPSA) is 92.3 Å². The second-order valence-electron chi connectivity index (χ2n) is 10.1. The van der Waals surface area contributed by atoms with Crippen LogP contribution in [0.4, 0.5) is 0 Å². The number of rotatable bonds is 10. The number of carboxylic acids is 1. The lowest BCUT2D eigenvalue weighted by atomic mass is 9.87. The van der Waals surface area contributed by atoms with Gasteiger partial charge in [0.25, 0.3) is 0 Å². The number of H-pyrrole nitrogens is 1. The van der Waals surface area contributed by atoms with Gasteiger partial charge < -0.3 is 14.8 Å². The molecule has 2 N–H and O–H groups in total. The highest BCUT2D eigenvalue weighted by molar-refractivity contribution is 6.04. The Morgan fingerprint density at radius 3 is 2.42 bits per heavy atom. The van der Waals surface area contributed by atoms with Gasteiger partial charge >= 0.3 is 5.97 Å². The maximum Gasteiger partial charge on any atom is 0.336 e. The Kier molecular flexibility index (Phi) is 7.78. The summed E-state index contributed by atoms with van der Waals surface area (Å²) in [6.45, 7) is 4.07. The van der Waals surface area contributed by atoms with Gasteiger partial charge in [-0.3, -0.25) is 4.79 Å². The zero-order chi connectivity index (χ0) is 28.2. The van der Waals surface area contributed by atoms with E-state index < -0.39 is 5.97 Å². The van der Waals surface area contributed by atoms with Gasteiger partial charge in [-0.25, -0.2) is 9.78 Å². The van der Waals surface area contributed by atoms with Gasteiger partial charge in [0.1, 0.15) is 11.6 Å². The van der Waals surface area contributed by atoms with Crippen LogP contribution in [0.2, 0.25) is 0 Å². The van der Waals surface area contributed by atoms with Crippen LogP contribution in [-0.4, -0.2) is 33.9 Å². The number of aromatic amines is 1. The fourth-order valence-electron chi connectivity index (χ4n) is 5.26. The number of aromatic nitrogens is 2. The molecule has 0 aliphatic carbocycles. The van der Waals surface area contributed by atoms with Crippen molar-refractivity contribution in [2.24, 2.45) is 0 Å². The Bertz CT molecular complexity index is 1690. The SMILES string of the molecule is CCC[C@@H](CC(=O)c1ccc(-c2cc(C)ccc2-c2nc3ccc(OC)cc3[nH]2)c(C(=O)O)c1)c1ccccc1. The number of ether oxygens (including phenoxy) is 1. The van der Waals surface area contributed by atoms with E-state index in [4.69, 9.17) is 9.72 Å². The average Bonchev–Trinajstić information content (AvgIpc) is 3.40. The molecule has 1 aromatic heterocycles. The van der Waals surface area contributed by atoms with E-state index in [9.17, 15) is 14.7 Å². The van der Waals surface area contributed by atoms with Gasteiger partial charge in [0, 0.05) is 23.6 Å². The summed E-state index contributed by atoms with van der Waals surface area (Å²) in [6.07, 6.45) is 2.17. The quantitative estimate of drug-likeness (QED) is 0.177. The zero-order valence-corrected chi connectivity index (χ0v) is 22.9. The van der Waals surface area contributed by atoms with Crippen LogP contribution in [0.3, 0.4) is 0 Å². The highest BCUT2D eigenvalue weighted by atomic mass is 16.5. The van der Waals surface area contributed by atoms with Crippen LogP contribution in [-0.2, 0) is 0 Å². The second kappa shape index (κ2) is 11.6. The molecule has 0 radical (unpaired) electrons. The second-order valence-corrected chi connectivity index (χ2v) is 10.1. The number of nitrogens with zero attached hydrogens (tertiary/aromatic N) is 1. The molecular formula is C34H32N2O4. The third kappa shape index (κ3) is 5.52. The lowest BCUT2D eigenvalue weighted by Crippen LogP contribution is -2.10. The van der Waals surface area contributed by atoms with E-state index in [0.29, 0.717) is 29.1 Å². The minimum Gasteiger partial charge on any atom is -0.497 e. The molecule has 4 aromatic carbocycles. The predicted molar refractivity (Wildman–Crippen MR) is 158 cm³/mol. The van der Waals surface area contributed by atoms with Gasteiger partial charge in [0.15, 0.2) is 5.78 Å². The average molecular weight is 533 g/mol. The number of ketones is 1. The van der Waals surface area contributed by atoms with Crippen LogP contribution in [0.1, 0.15) is 63.9 Å². The van der Waals surface area contributed by atoms with Crippen molar-refractivity contribution in [3.63, 3.8) is 0 Å². The molecule has 0 amide bonds. The molecule has 40 heavy (non-hydrogen) atoms. The summed E-state index contributed by atoms with van der Waals surface area (Å²) in [5, 5.41) is 10.2. The number of hydrogen-bond donors (Lipinski definition) is 2. The van der Waals surface area contributed by atoms with Crippen LogP contribution in [0.15, 0.2) is 84.9 Å². The molecule has 0 spiro atoms. The highest BCUT2D eigenvalue weighted by Gasteiger charge is 2.22. The molecule has 0 unspecified atom stereocenters. The molecule has 1 heterocycles. The molecule has 6 nitrogen and oxygen atoms in total.